The molecule has 11 aromatic rings. The van der Waals surface area contributed by atoms with E-state index < -0.39 is 0 Å². The van der Waals surface area contributed by atoms with Crippen LogP contribution in [0.5, 0.6) is 0 Å². The van der Waals surface area contributed by atoms with Crippen LogP contribution in [0.1, 0.15) is 16.7 Å². The number of hydrogen-bond donors (Lipinski definition) is 1. The molecular weight excluding hydrogens is 807 g/mol. The van der Waals surface area contributed by atoms with Crippen LogP contribution in [0.2, 0.25) is 0 Å². The van der Waals surface area contributed by atoms with Crippen molar-refractivity contribution < 1.29 is 8.83 Å². The highest BCUT2D eigenvalue weighted by Gasteiger charge is 2.21. The summed E-state index contributed by atoms with van der Waals surface area (Å²) in [5.74, 6) is -0.145. The first-order valence-corrected chi connectivity index (χ1v) is 21.3. The first-order chi connectivity index (χ1) is 32.3. The van der Waals surface area contributed by atoms with Crippen LogP contribution in [0.25, 0.3) is 88.2 Å². The summed E-state index contributed by atoms with van der Waals surface area (Å²) in [5.41, 5.74) is 16.4. The van der Waals surface area contributed by atoms with E-state index in [0.29, 0.717) is 11.2 Å². The zero-order chi connectivity index (χ0) is 46.6. The fraction of sp³-hybridized carbons (Fsp3) is 0.0192. The Hall–Kier alpha value is -6.98. The second kappa shape index (κ2) is 16.1. The number of fused-ring (bicyclic) bond motifs is 9. The van der Waals surface area contributed by atoms with Crippen LogP contribution < -0.4 is 60.4 Å². The summed E-state index contributed by atoms with van der Waals surface area (Å²) >= 11 is 0. The highest BCUT2D eigenvalue weighted by molar-refractivity contribution is 6.69. The lowest BCUT2D eigenvalue weighted by Gasteiger charge is -2.23. The van der Waals surface area contributed by atoms with Gasteiger partial charge in [0.1, 0.15) is 107 Å². The normalized spacial score (nSPS) is 12.5. The van der Waals surface area contributed by atoms with Crippen LogP contribution in [0.4, 0.5) is 0 Å². The zero-order valence-corrected chi connectivity index (χ0v) is 35.9. The minimum absolute atomic E-state index is 0.00392. The lowest BCUT2D eigenvalue weighted by atomic mass is 9.60. The molecule has 0 aliphatic heterocycles. The van der Waals surface area contributed by atoms with Gasteiger partial charge in [0.15, 0.2) is 0 Å². The topological polar surface area (TPSA) is 69.6 Å². The van der Waals surface area contributed by atoms with Crippen molar-refractivity contribution in [3.63, 3.8) is 0 Å². The highest BCUT2D eigenvalue weighted by Crippen LogP contribution is 2.41. The van der Waals surface area contributed by atoms with Gasteiger partial charge in [-0.1, -0.05) is 94.7 Å². The summed E-state index contributed by atoms with van der Waals surface area (Å²) < 4.78 is 15.4. The van der Waals surface area contributed by atoms with Crippen LogP contribution >= 0.6 is 0 Å². The molecule has 15 heteroatoms. The smallest absolute Gasteiger partial charge is 0.137 e. The number of benzene rings is 8. The number of aromatic nitrogens is 1. The summed E-state index contributed by atoms with van der Waals surface area (Å²) in [6.07, 6.45) is 2.07. The second-order valence-corrected chi connectivity index (χ2v) is 16.6. The van der Waals surface area contributed by atoms with Gasteiger partial charge >= 0.3 is 0 Å². The predicted octanol–water partition coefficient (Wildman–Crippen LogP) is 1.18. The molecule has 11 rings (SSSR count). The quantitative estimate of drug-likeness (QED) is 0.149. The highest BCUT2D eigenvalue weighted by atomic mass is 16.3. The molecule has 0 saturated heterocycles. The molecule has 0 aliphatic carbocycles. The Labute approximate surface area is 399 Å². The van der Waals surface area contributed by atoms with Gasteiger partial charge < -0.3 is 19.1 Å². The number of furan rings is 2. The largest absolute Gasteiger partial charge is 0.456 e. The Kier molecular flexibility index (Phi) is 10.3. The molecule has 2 N–H and O–H groups in total. The van der Waals surface area contributed by atoms with Crippen molar-refractivity contribution in [3.05, 3.63) is 144 Å². The van der Waals surface area contributed by atoms with Gasteiger partial charge in [0, 0.05) is 49.6 Å². The number of rotatable bonds is 7. The maximum absolute atomic E-state index is 6.66. The van der Waals surface area contributed by atoms with Crippen molar-refractivity contribution in [1.82, 2.24) is 4.57 Å². The molecule has 3 heterocycles. The third kappa shape index (κ3) is 6.64. The van der Waals surface area contributed by atoms with Crippen LogP contribution in [0.3, 0.4) is 0 Å². The fourth-order valence-electron chi connectivity index (χ4n) is 9.48. The van der Waals surface area contributed by atoms with Gasteiger partial charge in [-0.15, -0.1) is 32.8 Å². The SMILES string of the molecule is [B]c1c([B])c([B])c(C(N)=N/C(=C\Cc2cccc3oc4ccc(-c5cccc6oc7cc(-n8c9ccccc9c9ccccc98)ccc7c56)cc4c23)c2c([B])c([B])c([B])c([B])c2[B])c([B])c1[B]. The summed E-state index contributed by atoms with van der Waals surface area (Å²) in [4.78, 5) is 4.78. The van der Waals surface area contributed by atoms with Gasteiger partial charge in [0.2, 0.25) is 0 Å². The number of para-hydroxylation sites is 2. The third-order valence-electron chi connectivity index (χ3n) is 12.9. The van der Waals surface area contributed by atoms with E-state index in [-0.39, 0.29) is 83.7 Å². The van der Waals surface area contributed by atoms with Gasteiger partial charge in [-0.05, 0) is 77.2 Å². The molecule has 290 valence electrons. The Morgan fingerprint density at radius 1 is 0.478 bits per heavy atom. The first kappa shape index (κ1) is 42.6. The average Bonchev–Trinajstić information content (AvgIpc) is 4.02. The molecule has 67 heavy (non-hydrogen) atoms. The molecule has 0 fully saturated rings. The number of amidine groups is 1. The molecule has 0 atom stereocenters. The Bertz CT molecular complexity index is 3890. The Balaban J connectivity index is 1.04. The molecule has 0 spiro atoms. The van der Waals surface area contributed by atoms with Crippen LogP contribution in [-0.4, -0.2) is 88.9 Å². The molecule has 20 radical (unpaired) electrons. The van der Waals surface area contributed by atoms with E-state index in [9.17, 15) is 0 Å². The van der Waals surface area contributed by atoms with Crippen molar-refractivity contribution in [1.29, 1.82) is 0 Å². The molecule has 0 aliphatic rings. The van der Waals surface area contributed by atoms with E-state index in [1.807, 2.05) is 36.4 Å². The number of aliphatic imine (C=N–C) groups is 1. The van der Waals surface area contributed by atoms with Gasteiger partial charge in [-0.2, -0.15) is 0 Å². The lowest BCUT2D eigenvalue weighted by Crippen LogP contribution is -2.58. The molecule has 0 amide bonds. The van der Waals surface area contributed by atoms with Crippen molar-refractivity contribution >= 4 is 210 Å². The van der Waals surface area contributed by atoms with Gasteiger partial charge in [-0.25, -0.2) is 4.99 Å². The van der Waals surface area contributed by atoms with E-state index >= 15 is 0 Å². The summed E-state index contributed by atoms with van der Waals surface area (Å²) in [6, 6.07) is 41.5. The van der Waals surface area contributed by atoms with E-state index in [4.69, 9.17) is 98.0 Å². The molecule has 0 bridgehead atoms. The Morgan fingerprint density at radius 2 is 1.03 bits per heavy atom. The summed E-state index contributed by atoms with van der Waals surface area (Å²) in [5, 5.41) is 6.17. The van der Waals surface area contributed by atoms with Crippen molar-refractivity contribution in [3.8, 4) is 16.8 Å². The zero-order valence-electron chi connectivity index (χ0n) is 35.9. The van der Waals surface area contributed by atoms with Crippen molar-refractivity contribution in [2.75, 3.05) is 0 Å². The number of nitrogens with zero attached hydrogens (tertiary/aromatic N) is 2. The minimum Gasteiger partial charge on any atom is -0.456 e. The predicted molar refractivity (Wildman–Crippen MR) is 290 cm³/mol. The number of allylic oxidation sites excluding steroid dienone is 1. The number of hydrogen-bond acceptors (Lipinski definition) is 3. The first-order valence-electron chi connectivity index (χ1n) is 21.3. The van der Waals surface area contributed by atoms with E-state index in [0.717, 1.165) is 66.1 Å². The van der Waals surface area contributed by atoms with Gasteiger partial charge in [0.25, 0.3) is 0 Å². The van der Waals surface area contributed by atoms with Crippen LogP contribution in [0, 0.1) is 0 Å². The second-order valence-electron chi connectivity index (χ2n) is 16.6. The Morgan fingerprint density at radius 3 is 1.67 bits per heavy atom. The fourth-order valence-corrected chi connectivity index (χ4v) is 9.48. The van der Waals surface area contributed by atoms with Crippen LogP contribution in [0.15, 0.2) is 141 Å². The van der Waals surface area contributed by atoms with E-state index in [1.54, 1.807) is 6.08 Å². The maximum atomic E-state index is 6.66. The maximum Gasteiger partial charge on any atom is 0.137 e. The summed E-state index contributed by atoms with van der Waals surface area (Å²) in [6.45, 7) is 0. The van der Waals surface area contributed by atoms with Crippen molar-refractivity contribution in [2.24, 2.45) is 10.7 Å². The molecule has 3 aromatic heterocycles. The summed E-state index contributed by atoms with van der Waals surface area (Å²) in [7, 11) is 63.3. The molecule has 8 aromatic carbocycles. The van der Waals surface area contributed by atoms with Gasteiger partial charge in [-0.3, -0.25) is 0 Å². The van der Waals surface area contributed by atoms with Crippen molar-refractivity contribution in [2.45, 2.75) is 6.42 Å². The van der Waals surface area contributed by atoms with Crippen LogP contribution in [-0.2, 0) is 6.42 Å². The van der Waals surface area contributed by atoms with E-state index in [1.165, 1.54) is 10.8 Å². The monoisotopic (exact) mass is 833 g/mol. The lowest BCUT2D eigenvalue weighted by molar-refractivity contribution is 0.668. The minimum atomic E-state index is -0.145. The molecular formula is C52H25B10N3O2. The van der Waals surface area contributed by atoms with Gasteiger partial charge in [0.05, 0.1) is 16.7 Å². The molecule has 5 nitrogen and oxygen atoms in total. The van der Waals surface area contributed by atoms with E-state index in [2.05, 4.69) is 89.5 Å². The molecule has 0 unspecified atom stereocenters. The molecule has 0 saturated carbocycles. The average molecular weight is 832 g/mol. The number of nitrogens with two attached hydrogens (primary N) is 1. The third-order valence-corrected chi connectivity index (χ3v) is 12.9. The standard InChI is InChI=1S/C52H25B10N3O2/c53-42-40(43(54)47(58)50(61)46(42)57)31(64-52(63)41-44(55)48(59)51(62)49(60)45(41)56)19-15-23-7-5-13-35-38(23)30-21-24(16-20-34(30)66-35)26-10-6-14-36-39(26)29-18-17-25(22-37(29)67-36)65-32-11-3-1-8-27(32)28-9-2-4-12-33(28)65/h1-14,16-22H,15H2,(H2,63,64)/b31-19-.